The van der Waals surface area contributed by atoms with Gasteiger partial charge in [0.05, 0.1) is 20.3 Å². The molecule has 0 amide bonds. The zero-order valence-electron chi connectivity index (χ0n) is 10.1. The molecule has 0 atom stereocenters. The average molecular weight is 216 g/mol. The molecule has 1 fully saturated rings. The molecule has 1 aliphatic heterocycles. The lowest BCUT2D eigenvalue weighted by molar-refractivity contribution is -0.256. The van der Waals surface area contributed by atoms with Crippen LogP contribution in [0, 0.1) is 11.3 Å². The number of carbonyl (C=O) groups excluding carboxylic acids is 1. The summed E-state index contributed by atoms with van der Waals surface area (Å²) in [5, 5.41) is 0. The molecule has 1 aliphatic rings. The van der Waals surface area contributed by atoms with Crippen molar-refractivity contribution in [2.75, 3.05) is 20.3 Å². The Balaban J connectivity index is 3.03. The van der Waals surface area contributed by atoms with Gasteiger partial charge in [-0.3, -0.25) is 4.79 Å². The van der Waals surface area contributed by atoms with Crippen molar-refractivity contribution < 1.29 is 19.0 Å². The van der Waals surface area contributed by atoms with Crippen molar-refractivity contribution >= 4 is 5.97 Å². The first-order chi connectivity index (χ1) is 6.88. The minimum atomic E-state index is -0.861. The van der Waals surface area contributed by atoms with E-state index in [1.807, 2.05) is 13.8 Å². The van der Waals surface area contributed by atoms with Crippen LogP contribution in [-0.2, 0) is 19.0 Å². The molecule has 4 heteroatoms. The van der Waals surface area contributed by atoms with Gasteiger partial charge in [-0.2, -0.15) is 0 Å². The van der Waals surface area contributed by atoms with Gasteiger partial charge in [0.1, 0.15) is 5.41 Å². The highest BCUT2D eigenvalue weighted by atomic mass is 16.7. The normalized spacial score (nSPS) is 20.7. The third kappa shape index (κ3) is 1.76. The summed E-state index contributed by atoms with van der Waals surface area (Å²) in [7, 11) is 1.38. The first-order valence-corrected chi connectivity index (χ1v) is 5.25. The Labute approximate surface area is 90.9 Å². The Hall–Kier alpha value is -0.610. The van der Waals surface area contributed by atoms with Crippen LogP contribution in [0.3, 0.4) is 0 Å². The Morgan fingerprint density at radius 1 is 1.33 bits per heavy atom. The first kappa shape index (κ1) is 12.5. The van der Waals surface area contributed by atoms with Crippen LogP contribution < -0.4 is 0 Å². The van der Waals surface area contributed by atoms with E-state index >= 15 is 0 Å². The highest BCUT2D eigenvalue weighted by Gasteiger charge is 2.57. The summed E-state index contributed by atoms with van der Waals surface area (Å²) in [5.41, 5.74) is -0.799. The Morgan fingerprint density at radius 2 is 1.80 bits per heavy atom. The molecule has 0 radical (unpaired) electrons. The standard InChI is InChI=1S/C11H20O4/c1-8(2)11(14-6-7-15-11)10(3,4)9(12)13-5/h8H,6-7H2,1-5H3. The number of hydrogen-bond donors (Lipinski definition) is 0. The minimum Gasteiger partial charge on any atom is -0.468 e. The molecule has 0 aliphatic carbocycles. The van der Waals surface area contributed by atoms with Crippen LogP contribution in [0.5, 0.6) is 0 Å². The summed E-state index contributed by atoms with van der Waals surface area (Å²) >= 11 is 0. The van der Waals surface area contributed by atoms with Gasteiger partial charge in [0.15, 0.2) is 5.79 Å². The number of esters is 1. The molecule has 0 aromatic heterocycles. The highest BCUT2D eigenvalue weighted by Crippen LogP contribution is 2.44. The van der Waals surface area contributed by atoms with E-state index in [1.165, 1.54) is 7.11 Å². The lowest BCUT2D eigenvalue weighted by Gasteiger charge is -2.42. The summed E-state index contributed by atoms with van der Waals surface area (Å²) in [4.78, 5) is 11.7. The third-order valence-electron chi connectivity index (χ3n) is 3.04. The lowest BCUT2D eigenvalue weighted by Crippen LogP contribution is -2.54. The summed E-state index contributed by atoms with van der Waals surface area (Å²) in [6, 6.07) is 0. The van der Waals surface area contributed by atoms with Gasteiger partial charge in [0, 0.05) is 5.92 Å². The molecular formula is C11H20O4. The van der Waals surface area contributed by atoms with Crippen molar-refractivity contribution in [3.63, 3.8) is 0 Å². The molecule has 0 spiro atoms. The van der Waals surface area contributed by atoms with Crippen molar-refractivity contribution in [3.05, 3.63) is 0 Å². The van der Waals surface area contributed by atoms with Gasteiger partial charge in [-0.05, 0) is 13.8 Å². The van der Waals surface area contributed by atoms with E-state index in [4.69, 9.17) is 14.2 Å². The largest absolute Gasteiger partial charge is 0.468 e. The van der Waals surface area contributed by atoms with Crippen molar-refractivity contribution in [2.24, 2.45) is 11.3 Å². The molecule has 0 N–H and O–H groups in total. The molecule has 0 aromatic carbocycles. The molecule has 0 saturated carbocycles. The van der Waals surface area contributed by atoms with Crippen molar-refractivity contribution in [3.8, 4) is 0 Å². The molecule has 4 nitrogen and oxygen atoms in total. The highest BCUT2D eigenvalue weighted by molar-refractivity contribution is 5.77. The zero-order valence-corrected chi connectivity index (χ0v) is 10.1. The summed E-state index contributed by atoms with van der Waals surface area (Å²) < 4.78 is 16.1. The molecular weight excluding hydrogens is 196 g/mol. The van der Waals surface area contributed by atoms with Crippen molar-refractivity contribution in [1.82, 2.24) is 0 Å². The van der Waals surface area contributed by atoms with Crippen LogP contribution in [0.1, 0.15) is 27.7 Å². The summed E-state index contributed by atoms with van der Waals surface area (Å²) in [6.45, 7) is 8.61. The molecule has 0 unspecified atom stereocenters. The van der Waals surface area contributed by atoms with Gasteiger partial charge in [0.25, 0.3) is 0 Å². The lowest BCUT2D eigenvalue weighted by atomic mass is 9.77. The second-order valence-corrected chi connectivity index (χ2v) is 4.64. The van der Waals surface area contributed by atoms with Crippen LogP contribution in [0.4, 0.5) is 0 Å². The Morgan fingerprint density at radius 3 is 2.13 bits per heavy atom. The maximum atomic E-state index is 11.7. The van der Waals surface area contributed by atoms with E-state index in [2.05, 4.69) is 0 Å². The van der Waals surface area contributed by atoms with Crippen molar-refractivity contribution in [2.45, 2.75) is 33.5 Å². The third-order valence-corrected chi connectivity index (χ3v) is 3.04. The van der Waals surface area contributed by atoms with E-state index in [-0.39, 0.29) is 11.9 Å². The summed E-state index contributed by atoms with van der Waals surface area (Å²) in [5.74, 6) is -1.08. The Kier molecular flexibility index (Phi) is 3.41. The van der Waals surface area contributed by atoms with Crippen LogP contribution in [0.2, 0.25) is 0 Å². The van der Waals surface area contributed by atoms with Crippen LogP contribution in [0.25, 0.3) is 0 Å². The zero-order chi connectivity index (χ0) is 11.7. The molecule has 1 saturated heterocycles. The molecule has 88 valence electrons. The van der Waals surface area contributed by atoms with Gasteiger partial charge >= 0.3 is 5.97 Å². The van der Waals surface area contributed by atoms with Gasteiger partial charge in [0.2, 0.25) is 0 Å². The predicted octanol–water partition coefficient (Wildman–Crippen LogP) is 1.58. The van der Waals surface area contributed by atoms with Crippen LogP contribution in [0.15, 0.2) is 0 Å². The fraction of sp³-hybridized carbons (Fsp3) is 0.909. The fourth-order valence-corrected chi connectivity index (χ4v) is 2.24. The predicted molar refractivity (Wildman–Crippen MR) is 55.3 cm³/mol. The first-order valence-electron chi connectivity index (χ1n) is 5.25. The van der Waals surface area contributed by atoms with E-state index in [9.17, 15) is 4.79 Å². The van der Waals surface area contributed by atoms with Gasteiger partial charge in [-0.15, -0.1) is 0 Å². The van der Waals surface area contributed by atoms with Gasteiger partial charge in [-0.1, -0.05) is 13.8 Å². The molecule has 0 bridgehead atoms. The molecule has 1 heterocycles. The van der Waals surface area contributed by atoms with E-state index in [0.29, 0.717) is 13.2 Å². The van der Waals surface area contributed by atoms with Gasteiger partial charge in [-0.25, -0.2) is 0 Å². The van der Waals surface area contributed by atoms with Crippen molar-refractivity contribution in [1.29, 1.82) is 0 Å². The number of hydrogen-bond acceptors (Lipinski definition) is 4. The number of methoxy groups -OCH3 is 1. The topological polar surface area (TPSA) is 44.8 Å². The summed E-state index contributed by atoms with van der Waals surface area (Å²) in [6.07, 6.45) is 0. The second-order valence-electron chi connectivity index (χ2n) is 4.64. The monoisotopic (exact) mass is 216 g/mol. The maximum absolute atomic E-state index is 11.7. The van der Waals surface area contributed by atoms with E-state index in [0.717, 1.165) is 0 Å². The van der Waals surface area contributed by atoms with E-state index in [1.54, 1.807) is 13.8 Å². The average Bonchev–Trinajstić information content (AvgIpc) is 2.66. The number of carbonyl (C=O) groups is 1. The number of rotatable bonds is 3. The Bertz CT molecular complexity index is 239. The molecule has 0 aromatic rings. The molecule has 15 heavy (non-hydrogen) atoms. The quantitative estimate of drug-likeness (QED) is 0.672. The van der Waals surface area contributed by atoms with Crippen LogP contribution in [-0.4, -0.2) is 32.1 Å². The fourth-order valence-electron chi connectivity index (χ4n) is 2.24. The molecule has 1 rings (SSSR count). The number of ether oxygens (including phenoxy) is 3. The van der Waals surface area contributed by atoms with Gasteiger partial charge < -0.3 is 14.2 Å². The SMILES string of the molecule is COC(=O)C(C)(C)C1(C(C)C)OCCO1. The smallest absolute Gasteiger partial charge is 0.316 e. The van der Waals surface area contributed by atoms with Crippen LogP contribution >= 0.6 is 0 Å². The minimum absolute atomic E-state index is 0.0918. The maximum Gasteiger partial charge on any atom is 0.316 e. The second kappa shape index (κ2) is 4.10. The van der Waals surface area contributed by atoms with E-state index < -0.39 is 11.2 Å².